The summed E-state index contributed by atoms with van der Waals surface area (Å²) in [7, 11) is 0. The predicted octanol–water partition coefficient (Wildman–Crippen LogP) is 2.79. The molecule has 5 nitrogen and oxygen atoms in total. The summed E-state index contributed by atoms with van der Waals surface area (Å²) in [6.45, 7) is 12.2. The second kappa shape index (κ2) is 7.18. The Balaban J connectivity index is 1.83. The van der Waals surface area contributed by atoms with Gasteiger partial charge < -0.3 is 19.7 Å². The summed E-state index contributed by atoms with van der Waals surface area (Å²) in [4.78, 5) is 14.1. The van der Waals surface area contributed by atoms with Crippen molar-refractivity contribution in [2.24, 2.45) is 5.41 Å². The van der Waals surface area contributed by atoms with E-state index in [0.29, 0.717) is 6.04 Å². The molecule has 0 saturated carbocycles. The molecule has 0 aromatic carbocycles. The molecular weight excluding hydrogens is 280 g/mol. The summed E-state index contributed by atoms with van der Waals surface area (Å²) in [5.74, 6) is 0. The van der Waals surface area contributed by atoms with E-state index in [1.165, 1.54) is 6.42 Å². The van der Waals surface area contributed by atoms with Gasteiger partial charge in [0.2, 0.25) is 0 Å². The Kier molecular flexibility index (Phi) is 5.72. The van der Waals surface area contributed by atoms with Gasteiger partial charge in [0.1, 0.15) is 5.60 Å². The highest BCUT2D eigenvalue weighted by atomic mass is 16.6. The van der Waals surface area contributed by atoms with Crippen LogP contribution in [0.15, 0.2) is 0 Å². The molecule has 2 unspecified atom stereocenters. The number of carbonyl (C=O) groups is 1. The average molecular weight is 312 g/mol. The van der Waals surface area contributed by atoms with Gasteiger partial charge in [0.15, 0.2) is 0 Å². The summed E-state index contributed by atoms with van der Waals surface area (Å²) in [6, 6.07) is 0.461. The van der Waals surface area contributed by atoms with Gasteiger partial charge in [0.05, 0.1) is 6.61 Å². The molecule has 2 aliphatic rings. The zero-order chi connectivity index (χ0) is 16.2. The van der Waals surface area contributed by atoms with Crippen LogP contribution in [-0.2, 0) is 9.47 Å². The minimum absolute atomic E-state index is 0.118. The third-order valence-electron chi connectivity index (χ3n) is 4.41. The third kappa shape index (κ3) is 5.43. The molecule has 128 valence electrons. The highest BCUT2D eigenvalue weighted by Gasteiger charge is 2.35. The largest absolute Gasteiger partial charge is 0.444 e. The van der Waals surface area contributed by atoms with Crippen LogP contribution in [0.5, 0.6) is 0 Å². The van der Waals surface area contributed by atoms with Crippen molar-refractivity contribution in [3.8, 4) is 0 Å². The molecule has 0 spiro atoms. The van der Waals surface area contributed by atoms with Gasteiger partial charge in [-0.2, -0.15) is 0 Å². The van der Waals surface area contributed by atoms with E-state index in [0.717, 1.165) is 52.1 Å². The standard InChI is InChI=1S/C17H32N2O3/c1-16(2,3)22-15(20)19-9-6-8-17(4,13-19)12-18-14-7-5-10-21-11-14/h14,18H,5-13H2,1-4H3. The highest BCUT2D eigenvalue weighted by molar-refractivity contribution is 5.68. The van der Waals surface area contributed by atoms with Crippen LogP contribution in [0.1, 0.15) is 53.4 Å². The predicted molar refractivity (Wildman–Crippen MR) is 87.0 cm³/mol. The van der Waals surface area contributed by atoms with Crippen molar-refractivity contribution < 1.29 is 14.3 Å². The normalized spacial score (nSPS) is 30.2. The molecule has 0 aliphatic carbocycles. The van der Waals surface area contributed by atoms with Crippen LogP contribution >= 0.6 is 0 Å². The second-order valence-corrected chi connectivity index (χ2v) is 8.11. The van der Waals surface area contributed by atoms with Crippen molar-refractivity contribution in [2.45, 2.75) is 65.0 Å². The van der Waals surface area contributed by atoms with Crippen molar-refractivity contribution in [2.75, 3.05) is 32.8 Å². The first kappa shape index (κ1) is 17.5. The molecule has 0 aromatic heterocycles. The van der Waals surface area contributed by atoms with Crippen LogP contribution in [-0.4, -0.2) is 55.5 Å². The molecule has 2 aliphatic heterocycles. The Labute approximate surface area is 134 Å². The number of nitrogens with one attached hydrogen (secondary N) is 1. The number of nitrogens with zero attached hydrogens (tertiary/aromatic N) is 1. The summed E-state index contributed by atoms with van der Waals surface area (Å²) < 4.78 is 11.0. The number of likely N-dealkylation sites (tertiary alicyclic amines) is 1. The first-order valence-corrected chi connectivity index (χ1v) is 8.57. The topological polar surface area (TPSA) is 50.8 Å². The third-order valence-corrected chi connectivity index (χ3v) is 4.41. The van der Waals surface area contributed by atoms with E-state index in [-0.39, 0.29) is 11.5 Å². The van der Waals surface area contributed by atoms with E-state index in [4.69, 9.17) is 9.47 Å². The smallest absolute Gasteiger partial charge is 0.410 e. The van der Waals surface area contributed by atoms with Gasteiger partial charge in [-0.05, 0) is 51.9 Å². The molecule has 2 fully saturated rings. The van der Waals surface area contributed by atoms with Gasteiger partial charge in [-0.1, -0.05) is 6.92 Å². The van der Waals surface area contributed by atoms with Crippen LogP contribution in [0.3, 0.4) is 0 Å². The van der Waals surface area contributed by atoms with E-state index >= 15 is 0 Å². The molecule has 0 bridgehead atoms. The number of ether oxygens (including phenoxy) is 2. The van der Waals surface area contributed by atoms with E-state index in [1.54, 1.807) is 0 Å². The Hall–Kier alpha value is -0.810. The van der Waals surface area contributed by atoms with Crippen molar-refractivity contribution in [1.82, 2.24) is 10.2 Å². The molecule has 2 atom stereocenters. The quantitative estimate of drug-likeness (QED) is 0.870. The maximum absolute atomic E-state index is 12.3. The summed E-state index contributed by atoms with van der Waals surface area (Å²) >= 11 is 0. The lowest BCUT2D eigenvalue weighted by molar-refractivity contribution is 0.00486. The lowest BCUT2D eigenvalue weighted by atomic mass is 9.81. The summed E-state index contributed by atoms with van der Waals surface area (Å²) in [5.41, 5.74) is -0.310. The Morgan fingerprint density at radius 2 is 2.18 bits per heavy atom. The molecule has 0 aromatic rings. The van der Waals surface area contributed by atoms with Crippen LogP contribution in [0.4, 0.5) is 4.79 Å². The number of carbonyl (C=O) groups excluding carboxylic acids is 1. The highest BCUT2D eigenvalue weighted by Crippen LogP contribution is 2.30. The molecule has 2 heterocycles. The zero-order valence-corrected chi connectivity index (χ0v) is 14.6. The van der Waals surface area contributed by atoms with E-state index in [2.05, 4.69) is 12.2 Å². The van der Waals surface area contributed by atoms with Crippen LogP contribution < -0.4 is 5.32 Å². The molecule has 22 heavy (non-hydrogen) atoms. The number of amides is 1. The van der Waals surface area contributed by atoms with E-state index < -0.39 is 5.60 Å². The van der Waals surface area contributed by atoms with Gasteiger partial charge in [-0.15, -0.1) is 0 Å². The lowest BCUT2D eigenvalue weighted by Crippen LogP contribution is -2.52. The number of hydrogen-bond donors (Lipinski definition) is 1. The molecule has 1 N–H and O–H groups in total. The van der Waals surface area contributed by atoms with Gasteiger partial charge in [0.25, 0.3) is 0 Å². The molecular formula is C17H32N2O3. The molecule has 1 amide bonds. The molecule has 0 radical (unpaired) electrons. The maximum atomic E-state index is 12.3. The maximum Gasteiger partial charge on any atom is 0.410 e. The first-order valence-electron chi connectivity index (χ1n) is 8.57. The summed E-state index contributed by atoms with van der Waals surface area (Å²) in [6.07, 6.45) is 4.33. The van der Waals surface area contributed by atoms with Crippen molar-refractivity contribution in [3.63, 3.8) is 0 Å². The van der Waals surface area contributed by atoms with Crippen molar-refractivity contribution in [1.29, 1.82) is 0 Å². The van der Waals surface area contributed by atoms with Gasteiger partial charge in [-0.25, -0.2) is 4.79 Å². The summed E-state index contributed by atoms with van der Waals surface area (Å²) in [5, 5.41) is 3.64. The van der Waals surface area contributed by atoms with E-state index in [1.807, 2.05) is 25.7 Å². The van der Waals surface area contributed by atoms with Crippen molar-refractivity contribution >= 4 is 6.09 Å². The fraction of sp³-hybridized carbons (Fsp3) is 0.941. The van der Waals surface area contributed by atoms with Gasteiger partial charge >= 0.3 is 6.09 Å². The lowest BCUT2D eigenvalue weighted by Gasteiger charge is -2.41. The zero-order valence-electron chi connectivity index (χ0n) is 14.6. The Bertz CT molecular complexity index is 375. The Morgan fingerprint density at radius 1 is 1.41 bits per heavy atom. The average Bonchev–Trinajstić information content (AvgIpc) is 2.45. The number of rotatable bonds is 3. The minimum Gasteiger partial charge on any atom is -0.444 e. The Morgan fingerprint density at radius 3 is 2.82 bits per heavy atom. The SMILES string of the molecule is CC1(CNC2CCCOC2)CCCN(C(=O)OC(C)(C)C)C1. The van der Waals surface area contributed by atoms with Crippen LogP contribution in [0.2, 0.25) is 0 Å². The van der Waals surface area contributed by atoms with Crippen molar-refractivity contribution in [3.05, 3.63) is 0 Å². The second-order valence-electron chi connectivity index (χ2n) is 8.11. The fourth-order valence-electron chi connectivity index (χ4n) is 3.23. The molecule has 2 rings (SSSR count). The number of piperidine rings is 1. The fourth-order valence-corrected chi connectivity index (χ4v) is 3.23. The first-order chi connectivity index (χ1) is 10.3. The van der Waals surface area contributed by atoms with Crippen LogP contribution in [0.25, 0.3) is 0 Å². The molecule has 2 saturated heterocycles. The monoisotopic (exact) mass is 312 g/mol. The van der Waals surface area contributed by atoms with E-state index in [9.17, 15) is 4.79 Å². The van der Waals surface area contributed by atoms with Gasteiger partial charge in [0, 0.05) is 32.3 Å². The minimum atomic E-state index is -0.428. The molecule has 5 heteroatoms. The van der Waals surface area contributed by atoms with Gasteiger partial charge in [-0.3, -0.25) is 0 Å². The number of hydrogen-bond acceptors (Lipinski definition) is 4. The van der Waals surface area contributed by atoms with Crippen LogP contribution in [0, 0.1) is 5.41 Å².